The lowest BCUT2D eigenvalue weighted by atomic mass is 9.91. The number of hydrogen-bond donors (Lipinski definition) is 2. The van der Waals surface area contributed by atoms with E-state index in [-0.39, 0.29) is 0 Å². The highest BCUT2D eigenvalue weighted by Gasteiger charge is 2.31. The molecule has 4 rings (SSSR count). The monoisotopic (exact) mass is 511 g/mol. The van der Waals surface area contributed by atoms with Gasteiger partial charge in [0.15, 0.2) is 6.61 Å². The van der Waals surface area contributed by atoms with Crippen LogP contribution in [0, 0.1) is 0 Å². The molecule has 1 aromatic heterocycles. The number of carbonyl (C=O) groups excluding carboxylic acids is 1. The second-order valence-electron chi connectivity index (χ2n) is 9.29. The molecule has 0 saturated carbocycles. The van der Waals surface area contributed by atoms with Gasteiger partial charge < -0.3 is 24.3 Å². The van der Waals surface area contributed by atoms with Gasteiger partial charge >= 0.3 is 11.6 Å². The molecule has 0 bridgehead atoms. The normalized spacial score (nSPS) is 15.0. The molecular weight excluding hydrogens is 482 g/mol. The van der Waals surface area contributed by atoms with Gasteiger partial charge in [0.1, 0.15) is 28.7 Å². The number of carboxylic acid groups (broad SMARTS) is 1. The molecule has 0 radical (unpaired) electrons. The standard InChI is InChI=1S/C27H29NO7S/c1-27(2)11-9-17-20(35-27)14-21(33-15-22(29)28-19(26(31)32)10-12-36-3)24-18(13-23(30)34-25(17)24)16-7-5-4-6-8-16/h4-8,13-14,19H,9-12,15H2,1-3H3,(H,28,29)(H,31,32)/t19-/m0/s1. The number of amides is 1. The number of ether oxygens (including phenoxy) is 2. The smallest absolute Gasteiger partial charge is 0.336 e. The van der Waals surface area contributed by atoms with Crippen molar-refractivity contribution in [1.29, 1.82) is 0 Å². The van der Waals surface area contributed by atoms with E-state index in [1.165, 1.54) is 17.8 Å². The minimum Gasteiger partial charge on any atom is -0.487 e. The molecule has 190 valence electrons. The Kier molecular flexibility index (Phi) is 7.59. The summed E-state index contributed by atoms with van der Waals surface area (Å²) < 4.78 is 17.8. The maximum absolute atomic E-state index is 12.6. The van der Waals surface area contributed by atoms with Crippen LogP contribution in [0.3, 0.4) is 0 Å². The molecule has 2 aromatic carbocycles. The number of carbonyl (C=O) groups is 2. The van der Waals surface area contributed by atoms with E-state index in [2.05, 4.69) is 5.32 Å². The van der Waals surface area contributed by atoms with Crippen LogP contribution >= 0.6 is 11.8 Å². The van der Waals surface area contributed by atoms with Crippen molar-refractivity contribution in [2.75, 3.05) is 18.6 Å². The second kappa shape index (κ2) is 10.7. The summed E-state index contributed by atoms with van der Waals surface area (Å²) in [6, 6.07) is 11.5. The summed E-state index contributed by atoms with van der Waals surface area (Å²) in [4.78, 5) is 36.7. The van der Waals surface area contributed by atoms with Crippen molar-refractivity contribution in [3.05, 3.63) is 58.4 Å². The first-order chi connectivity index (χ1) is 17.2. The van der Waals surface area contributed by atoms with Gasteiger partial charge in [-0.3, -0.25) is 4.79 Å². The first-order valence-electron chi connectivity index (χ1n) is 11.7. The van der Waals surface area contributed by atoms with Crippen molar-refractivity contribution in [3.63, 3.8) is 0 Å². The molecule has 0 spiro atoms. The Balaban J connectivity index is 1.75. The zero-order valence-electron chi connectivity index (χ0n) is 20.5. The molecule has 36 heavy (non-hydrogen) atoms. The van der Waals surface area contributed by atoms with Crippen molar-refractivity contribution in [2.24, 2.45) is 0 Å². The Morgan fingerprint density at radius 3 is 2.67 bits per heavy atom. The summed E-state index contributed by atoms with van der Waals surface area (Å²) in [5, 5.41) is 12.5. The molecule has 3 aromatic rings. The molecule has 9 heteroatoms. The molecule has 0 fully saturated rings. The van der Waals surface area contributed by atoms with Crippen LogP contribution in [0.1, 0.15) is 32.3 Å². The number of hydrogen-bond acceptors (Lipinski definition) is 7. The first-order valence-corrected chi connectivity index (χ1v) is 13.1. The minimum absolute atomic E-state index is 0.302. The molecule has 0 unspecified atom stereocenters. The average Bonchev–Trinajstić information content (AvgIpc) is 2.84. The van der Waals surface area contributed by atoms with Gasteiger partial charge in [-0.15, -0.1) is 0 Å². The molecule has 1 aliphatic heterocycles. The number of aryl methyl sites for hydroxylation is 1. The van der Waals surface area contributed by atoms with Crippen LogP contribution in [0.4, 0.5) is 0 Å². The van der Waals surface area contributed by atoms with Crippen molar-refractivity contribution < 1.29 is 28.6 Å². The number of aliphatic carboxylic acids is 1. The van der Waals surface area contributed by atoms with Crippen LogP contribution in [0.25, 0.3) is 22.1 Å². The molecule has 2 N–H and O–H groups in total. The van der Waals surface area contributed by atoms with E-state index >= 15 is 0 Å². The summed E-state index contributed by atoms with van der Waals surface area (Å²) in [5.41, 5.74) is 1.64. The van der Waals surface area contributed by atoms with E-state index in [4.69, 9.17) is 13.9 Å². The lowest BCUT2D eigenvalue weighted by molar-refractivity contribution is -0.142. The Morgan fingerprint density at radius 1 is 1.22 bits per heavy atom. The van der Waals surface area contributed by atoms with Gasteiger partial charge in [-0.1, -0.05) is 30.3 Å². The van der Waals surface area contributed by atoms with Gasteiger partial charge in [-0.25, -0.2) is 9.59 Å². The Morgan fingerprint density at radius 2 is 1.97 bits per heavy atom. The number of thioether (sulfide) groups is 1. The highest BCUT2D eigenvalue weighted by atomic mass is 32.2. The van der Waals surface area contributed by atoms with Crippen molar-refractivity contribution in [1.82, 2.24) is 5.32 Å². The van der Waals surface area contributed by atoms with Crippen LogP contribution in [-0.4, -0.2) is 47.2 Å². The third-order valence-corrected chi connectivity index (χ3v) is 6.74. The number of rotatable bonds is 9. The molecule has 1 amide bonds. The third-order valence-electron chi connectivity index (χ3n) is 6.09. The molecule has 0 aliphatic carbocycles. The molecule has 1 atom stereocenters. The molecule has 0 saturated heterocycles. The summed E-state index contributed by atoms with van der Waals surface area (Å²) >= 11 is 1.50. The molecule has 1 aliphatic rings. The van der Waals surface area contributed by atoms with Crippen LogP contribution in [0.5, 0.6) is 11.5 Å². The average molecular weight is 512 g/mol. The minimum atomic E-state index is -1.10. The van der Waals surface area contributed by atoms with Crippen molar-refractivity contribution >= 4 is 34.6 Å². The number of nitrogens with one attached hydrogen (secondary N) is 1. The first kappa shape index (κ1) is 25.6. The van der Waals surface area contributed by atoms with Crippen molar-refractivity contribution in [2.45, 2.75) is 44.8 Å². The van der Waals surface area contributed by atoms with Crippen LogP contribution in [0.15, 0.2) is 51.7 Å². The topological polar surface area (TPSA) is 115 Å². The van der Waals surface area contributed by atoms with E-state index in [0.717, 1.165) is 17.5 Å². The lowest BCUT2D eigenvalue weighted by Gasteiger charge is -2.33. The van der Waals surface area contributed by atoms with E-state index in [1.54, 1.807) is 6.07 Å². The molecule has 8 nitrogen and oxygen atoms in total. The van der Waals surface area contributed by atoms with E-state index in [9.17, 15) is 19.5 Å². The number of fused-ring (bicyclic) bond motifs is 3. The van der Waals surface area contributed by atoms with Gasteiger partial charge in [0.05, 0.1) is 5.39 Å². The maximum atomic E-state index is 12.6. The van der Waals surface area contributed by atoms with E-state index < -0.39 is 35.8 Å². The Hall–Kier alpha value is -3.46. The predicted octanol–water partition coefficient (Wildman–Crippen LogP) is 4.26. The van der Waals surface area contributed by atoms with Crippen LogP contribution in [0.2, 0.25) is 0 Å². The lowest BCUT2D eigenvalue weighted by Crippen LogP contribution is -2.43. The second-order valence-corrected chi connectivity index (χ2v) is 10.3. The summed E-state index contributed by atoms with van der Waals surface area (Å²) in [7, 11) is 0. The summed E-state index contributed by atoms with van der Waals surface area (Å²) in [6.45, 7) is 3.55. The fraction of sp³-hybridized carbons (Fsp3) is 0.370. The van der Waals surface area contributed by atoms with Gasteiger partial charge in [-0.2, -0.15) is 11.8 Å². The number of carboxylic acids is 1. The quantitative estimate of drug-likeness (QED) is 0.410. The molecular formula is C27H29NO7S. The highest BCUT2D eigenvalue weighted by Crippen LogP contribution is 2.44. The Bertz CT molecular complexity index is 1330. The fourth-order valence-corrected chi connectivity index (χ4v) is 4.75. The van der Waals surface area contributed by atoms with Gasteiger partial charge in [0.25, 0.3) is 5.91 Å². The number of benzene rings is 2. The van der Waals surface area contributed by atoms with Gasteiger partial charge in [-0.05, 0) is 50.7 Å². The maximum Gasteiger partial charge on any atom is 0.336 e. The largest absolute Gasteiger partial charge is 0.487 e. The van der Waals surface area contributed by atoms with Crippen LogP contribution < -0.4 is 20.4 Å². The van der Waals surface area contributed by atoms with Gasteiger partial charge in [0.2, 0.25) is 0 Å². The van der Waals surface area contributed by atoms with Gasteiger partial charge in [0, 0.05) is 23.3 Å². The summed E-state index contributed by atoms with van der Waals surface area (Å²) in [6.07, 6.45) is 3.56. The molecule has 2 heterocycles. The van der Waals surface area contributed by atoms with Crippen molar-refractivity contribution in [3.8, 4) is 22.6 Å². The zero-order chi connectivity index (χ0) is 25.9. The van der Waals surface area contributed by atoms with Crippen LogP contribution in [-0.2, 0) is 16.0 Å². The van der Waals surface area contributed by atoms with E-state index in [0.29, 0.717) is 46.6 Å². The summed E-state index contributed by atoms with van der Waals surface area (Å²) in [5.74, 6) is -0.212. The third kappa shape index (κ3) is 5.67. The predicted molar refractivity (Wildman–Crippen MR) is 139 cm³/mol. The SMILES string of the molecule is CSCC[C@H](NC(=O)COc1cc2c(c3oc(=O)cc(-c4ccccc4)c13)CCC(C)(C)O2)C(=O)O. The fourth-order valence-electron chi connectivity index (χ4n) is 4.27. The van der Waals surface area contributed by atoms with E-state index in [1.807, 2.05) is 50.4 Å². The zero-order valence-corrected chi connectivity index (χ0v) is 21.3. The Labute approximate surface area is 213 Å². The highest BCUT2D eigenvalue weighted by molar-refractivity contribution is 7.98.